The highest BCUT2D eigenvalue weighted by molar-refractivity contribution is 7.89. The summed E-state index contributed by atoms with van der Waals surface area (Å²) < 4.78 is 26.5. The molecule has 1 aromatic carbocycles. The predicted octanol–water partition coefficient (Wildman–Crippen LogP) is 2.98. The summed E-state index contributed by atoms with van der Waals surface area (Å²) in [6, 6.07) is 7.35. The first-order valence-corrected chi connectivity index (χ1v) is 8.47. The van der Waals surface area contributed by atoms with Crippen molar-refractivity contribution >= 4 is 10.0 Å². The second-order valence-electron chi connectivity index (χ2n) is 6.35. The Labute approximate surface area is 115 Å². The van der Waals surface area contributed by atoms with Crippen molar-refractivity contribution in [3.63, 3.8) is 0 Å². The average Bonchev–Trinajstić information content (AvgIpc) is 2.25. The van der Waals surface area contributed by atoms with E-state index in [1.807, 2.05) is 12.1 Å². The molecular weight excluding hydrogens is 258 g/mol. The summed E-state index contributed by atoms with van der Waals surface area (Å²) >= 11 is 0. The van der Waals surface area contributed by atoms with E-state index in [2.05, 4.69) is 13.8 Å². The van der Waals surface area contributed by atoms with Crippen molar-refractivity contribution in [3.05, 3.63) is 29.8 Å². The molecule has 1 saturated heterocycles. The maximum absolute atomic E-state index is 12.4. The van der Waals surface area contributed by atoms with Crippen molar-refractivity contribution in [1.82, 2.24) is 4.31 Å². The SMILES string of the molecule is CC(C)c1ccc(S(=O)(=O)N2CC3(CCC3)C2)cc1. The number of sulfonamides is 1. The van der Waals surface area contributed by atoms with Gasteiger partial charge in [-0.2, -0.15) is 4.31 Å². The lowest BCUT2D eigenvalue weighted by Crippen LogP contribution is -2.61. The first kappa shape index (κ1) is 13.1. The monoisotopic (exact) mass is 279 g/mol. The van der Waals surface area contributed by atoms with Gasteiger partial charge in [-0.1, -0.05) is 32.4 Å². The van der Waals surface area contributed by atoms with Crippen LogP contribution in [0.1, 0.15) is 44.6 Å². The summed E-state index contributed by atoms with van der Waals surface area (Å²) in [6.45, 7) is 5.67. The van der Waals surface area contributed by atoms with Gasteiger partial charge in [0, 0.05) is 13.1 Å². The van der Waals surface area contributed by atoms with Gasteiger partial charge >= 0.3 is 0 Å². The maximum Gasteiger partial charge on any atom is 0.243 e. The molecule has 19 heavy (non-hydrogen) atoms. The van der Waals surface area contributed by atoms with Crippen molar-refractivity contribution < 1.29 is 8.42 Å². The summed E-state index contributed by atoms with van der Waals surface area (Å²) in [5.74, 6) is 0.430. The smallest absolute Gasteiger partial charge is 0.207 e. The lowest BCUT2D eigenvalue weighted by molar-refractivity contribution is -0.00794. The van der Waals surface area contributed by atoms with Gasteiger partial charge in [0.05, 0.1) is 4.90 Å². The molecular formula is C15H21NO2S. The van der Waals surface area contributed by atoms with Gasteiger partial charge in [-0.3, -0.25) is 0 Å². The van der Waals surface area contributed by atoms with Gasteiger partial charge in [-0.05, 0) is 41.9 Å². The van der Waals surface area contributed by atoms with Crippen molar-refractivity contribution in [3.8, 4) is 0 Å². The quantitative estimate of drug-likeness (QED) is 0.853. The van der Waals surface area contributed by atoms with E-state index in [1.54, 1.807) is 16.4 Å². The van der Waals surface area contributed by atoms with Gasteiger partial charge < -0.3 is 0 Å². The van der Waals surface area contributed by atoms with E-state index in [1.165, 1.54) is 24.8 Å². The Morgan fingerprint density at radius 3 is 2.11 bits per heavy atom. The van der Waals surface area contributed by atoms with Crippen LogP contribution in [0.2, 0.25) is 0 Å². The normalized spacial score (nSPS) is 22.3. The average molecular weight is 279 g/mol. The number of nitrogens with zero attached hydrogens (tertiary/aromatic N) is 1. The first-order chi connectivity index (χ1) is 8.93. The van der Waals surface area contributed by atoms with Gasteiger partial charge in [0.1, 0.15) is 0 Å². The van der Waals surface area contributed by atoms with Crippen LogP contribution in [0.3, 0.4) is 0 Å². The standard InChI is InChI=1S/C15H21NO2S/c1-12(2)13-4-6-14(7-5-13)19(17,18)16-10-15(11-16)8-3-9-15/h4-7,12H,3,8-11H2,1-2H3. The third-order valence-electron chi connectivity index (χ3n) is 4.62. The molecule has 1 heterocycles. The Hall–Kier alpha value is -0.870. The molecule has 0 bridgehead atoms. The molecule has 0 N–H and O–H groups in total. The fraction of sp³-hybridized carbons (Fsp3) is 0.600. The molecule has 104 valence electrons. The molecule has 1 aliphatic heterocycles. The summed E-state index contributed by atoms with van der Waals surface area (Å²) in [4.78, 5) is 0.436. The molecule has 0 radical (unpaired) electrons. The minimum Gasteiger partial charge on any atom is -0.207 e. The highest BCUT2D eigenvalue weighted by atomic mass is 32.2. The molecule has 0 atom stereocenters. The van der Waals surface area contributed by atoms with Gasteiger partial charge in [-0.25, -0.2) is 8.42 Å². The van der Waals surface area contributed by atoms with Gasteiger partial charge in [0.2, 0.25) is 10.0 Å². The summed E-state index contributed by atoms with van der Waals surface area (Å²) in [5, 5.41) is 0. The minimum atomic E-state index is -3.26. The van der Waals surface area contributed by atoms with Crippen LogP contribution in [0.15, 0.2) is 29.2 Å². The zero-order chi connectivity index (χ0) is 13.7. The number of hydrogen-bond acceptors (Lipinski definition) is 2. The molecule has 1 aliphatic carbocycles. The van der Waals surface area contributed by atoms with Crippen molar-refractivity contribution in [2.24, 2.45) is 5.41 Å². The van der Waals surface area contributed by atoms with E-state index in [0.717, 1.165) is 13.1 Å². The molecule has 1 spiro atoms. The maximum atomic E-state index is 12.4. The van der Waals surface area contributed by atoms with Crippen LogP contribution in [0.25, 0.3) is 0 Å². The fourth-order valence-corrected chi connectivity index (χ4v) is 4.70. The van der Waals surface area contributed by atoms with Gasteiger partial charge in [0.25, 0.3) is 0 Å². The second-order valence-corrected chi connectivity index (χ2v) is 8.29. The molecule has 4 heteroatoms. The zero-order valence-electron chi connectivity index (χ0n) is 11.6. The Bertz CT molecular complexity index is 563. The van der Waals surface area contributed by atoms with Crippen LogP contribution in [0, 0.1) is 5.41 Å². The molecule has 0 aromatic heterocycles. The Kier molecular flexibility index (Phi) is 2.98. The van der Waals surface area contributed by atoms with Crippen LogP contribution in [0.4, 0.5) is 0 Å². The highest BCUT2D eigenvalue weighted by Crippen LogP contribution is 2.49. The van der Waals surface area contributed by atoms with Crippen molar-refractivity contribution in [2.45, 2.75) is 43.9 Å². The van der Waals surface area contributed by atoms with E-state index in [-0.39, 0.29) is 0 Å². The highest BCUT2D eigenvalue weighted by Gasteiger charge is 2.51. The summed E-state index contributed by atoms with van der Waals surface area (Å²) in [7, 11) is -3.26. The molecule has 2 aliphatic rings. The summed E-state index contributed by atoms with van der Waals surface area (Å²) in [5.41, 5.74) is 1.52. The molecule has 0 unspecified atom stereocenters. The van der Waals surface area contributed by atoms with Crippen LogP contribution >= 0.6 is 0 Å². The second kappa shape index (κ2) is 4.32. The third kappa shape index (κ3) is 2.11. The molecule has 3 rings (SSSR count). The number of benzene rings is 1. The summed E-state index contributed by atoms with van der Waals surface area (Å²) in [6.07, 6.45) is 3.66. The lowest BCUT2D eigenvalue weighted by atomic mass is 9.65. The zero-order valence-corrected chi connectivity index (χ0v) is 12.4. The van der Waals surface area contributed by atoms with Crippen molar-refractivity contribution in [2.75, 3.05) is 13.1 Å². The third-order valence-corrected chi connectivity index (χ3v) is 6.43. The largest absolute Gasteiger partial charge is 0.243 e. The Balaban J connectivity index is 1.77. The van der Waals surface area contributed by atoms with Gasteiger partial charge in [-0.15, -0.1) is 0 Å². The minimum absolute atomic E-state index is 0.338. The predicted molar refractivity (Wildman–Crippen MR) is 75.6 cm³/mol. The van der Waals surface area contributed by atoms with Crippen LogP contribution < -0.4 is 0 Å². The fourth-order valence-electron chi connectivity index (χ4n) is 3.04. The number of rotatable bonds is 3. The Morgan fingerprint density at radius 2 is 1.68 bits per heavy atom. The van der Waals surface area contributed by atoms with Crippen LogP contribution in [-0.4, -0.2) is 25.8 Å². The molecule has 1 aromatic rings. The van der Waals surface area contributed by atoms with Crippen LogP contribution in [0.5, 0.6) is 0 Å². The van der Waals surface area contributed by atoms with E-state index in [4.69, 9.17) is 0 Å². The van der Waals surface area contributed by atoms with E-state index in [0.29, 0.717) is 16.2 Å². The van der Waals surface area contributed by atoms with Crippen LogP contribution in [-0.2, 0) is 10.0 Å². The Morgan fingerprint density at radius 1 is 1.11 bits per heavy atom. The number of hydrogen-bond donors (Lipinski definition) is 0. The molecule has 3 nitrogen and oxygen atoms in total. The molecule has 2 fully saturated rings. The molecule has 0 amide bonds. The van der Waals surface area contributed by atoms with Gasteiger partial charge in [0.15, 0.2) is 0 Å². The van der Waals surface area contributed by atoms with E-state index in [9.17, 15) is 8.42 Å². The van der Waals surface area contributed by atoms with Crippen molar-refractivity contribution in [1.29, 1.82) is 0 Å². The first-order valence-electron chi connectivity index (χ1n) is 7.03. The topological polar surface area (TPSA) is 37.4 Å². The van der Waals surface area contributed by atoms with E-state index >= 15 is 0 Å². The molecule has 1 saturated carbocycles. The lowest BCUT2D eigenvalue weighted by Gasteiger charge is -2.54. The van der Waals surface area contributed by atoms with E-state index < -0.39 is 10.0 Å².